The maximum Gasteiger partial charge on any atom is 0.573 e. The van der Waals surface area contributed by atoms with Crippen LogP contribution in [-0.4, -0.2) is 32.8 Å². The van der Waals surface area contributed by atoms with Crippen LogP contribution < -0.4 is 4.74 Å². The van der Waals surface area contributed by atoms with E-state index in [0.717, 1.165) is 36.6 Å². The van der Waals surface area contributed by atoms with E-state index in [4.69, 9.17) is 4.98 Å². The first-order chi connectivity index (χ1) is 14.9. The van der Waals surface area contributed by atoms with Gasteiger partial charge in [-0.15, -0.1) is 13.2 Å². The van der Waals surface area contributed by atoms with Crippen LogP contribution in [0.25, 0.3) is 11.3 Å². The molecule has 5 nitrogen and oxygen atoms in total. The predicted molar refractivity (Wildman–Crippen MR) is 108 cm³/mol. The molecule has 1 fully saturated rings. The minimum Gasteiger partial charge on any atom is -0.405 e. The average Bonchev–Trinajstić information content (AvgIpc) is 3.59. The number of nitrogens with zero attached hydrogens (tertiary/aromatic N) is 4. The molecule has 0 N–H and O–H groups in total. The van der Waals surface area contributed by atoms with E-state index in [1.54, 1.807) is 24.4 Å². The van der Waals surface area contributed by atoms with Crippen molar-refractivity contribution in [1.82, 2.24) is 19.9 Å². The Morgan fingerprint density at radius 1 is 1.03 bits per heavy atom. The number of hydrogen-bond donors (Lipinski definition) is 0. The van der Waals surface area contributed by atoms with Crippen LogP contribution in [0.1, 0.15) is 41.4 Å². The van der Waals surface area contributed by atoms with Crippen LogP contribution in [0.15, 0.2) is 48.8 Å². The summed E-state index contributed by atoms with van der Waals surface area (Å²) in [6, 6.07) is 9.66. The lowest BCUT2D eigenvalue weighted by Crippen LogP contribution is -2.31. The van der Waals surface area contributed by atoms with Crippen LogP contribution >= 0.6 is 0 Å². The maximum atomic E-state index is 12.7. The molecule has 2 aromatic heterocycles. The van der Waals surface area contributed by atoms with Gasteiger partial charge in [0.25, 0.3) is 0 Å². The fourth-order valence-corrected chi connectivity index (χ4v) is 3.89. The van der Waals surface area contributed by atoms with Crippen LogP contribution in [-0.2, 0) is 19.5 Å². The number of aromatic nitrogens is 3. The summed E-state index contributed by atoms with van der Waals surface area (Å²) in [5.41, 5.74) is 4.06. The van der Waals surface area contributed by atoms with Crippen molar-refractivity contribution in [1.29, 1.82) is 0 Å². The third kappa shape index (κ3) is 4.69. The molecule has 1 aliphatic carbocycles. The van der Waals surface area contributed by atoms with Crippen molar-refractivity contribution in [3.05, 3.63) is 71.4 Å². The van der Waals surface area contributed by atoms with Gasteiger partial charge in [0.1, 0.15) is 11.6 Å². The first kappa shape index (κ1) is 19.9. The predicted octanol–water partition coefficient (Wildman–Crippen LogP) is 4.87. The average molecular weight is 426 g/mol. The second kappa shape index (κ2) is 7.92. The largest absolute Gasteiger partial charge is 0.573 e. The molecule has 0 unspecified atom stereocenters. The maximum absolute atomic E-state index is 12.7. The summed E-state index contributed by atoms with van der Waals surface area (Å²) in [7, 11) is 0. The summed E-state index contributed by atoms with van der Waals surface area (Å²) in [6.45, 7) is 2.39. The van der Waals surface area contributed by atoms with Crippen molar-refractivity contribution in [2.24, 2.45) is 0 Å². The first-order valence-corrected chi connectivity index (χ1v) is 10.3. The highest BCUT2D eigenvalue weighted by molar-refractivity contribution is 5.67. The quantitative estimate of drug-likeness (QED) is 0.583. The summed E-state index contributed by atoms with van der Waals surface area (Å²) in [5, 5.41) is 0. The Hall–Kier alpha value is -3.00. The smallest absolute Gasteiger partial charge is 0.405 e. The Morgan fingerprint density at radius 3 is 2.61 bits per heavy atom. The van der Waals surface area contributed by atoms with Crippen molar-refractivity contribution in [2.45, 2.75) is 44.6 Å². The van der Waals surface area contributed by atoms with Crippen molar-refractivity contribution in [2.75, 3.05) is 6.54 Å². The summed E-state index contributed by atoms with van der Waals surface area (Å²) in [6.07, 6.45) is 2.21. The molecule has 0 saturated heterocycles. The van der Waals surface area contributed by atoms with E-state index in [1.807, 2.05) is 12.3 Å². The number of halogens is 3. The molecule has 3 aromatic rings. The van der Waals surface area contributed by atoms with Crippen LogP contribution in [0.5, 0.6) is 5.75 Å². The van der Waals surface area contributed by atoms with Crippen molar-refractivity contribution >= 4 is 0 Å². The Morgan fingerprint density at radius 2 is 1.87 bits per heavy atom. The number of fused-ring (bicyclic) bond motifs is 1. The molecule has 8 heteroatoms. The Balaban J connectivity index is 1.27. The minimum atomic E-state index is -4.75. The highest BCUT2D eigenvalue weighted by Gasteiger charge is 2.32. The molecule has 0 atom stereocenters. The number of pyridine rings is 1. The number of para-hydroxylation sites is 1. The van der Waals surface area contributed by atoms with E-state index < -0.39 is 6.36 Å². The van der Waals surface area contributed by atoms with Crippen LogP contribution in [0.3, 0.4) is 0 Å². The van der Waals surface area contributed by atoms with E-state index in [9.17, 15) is 13.2 Å². The Bertz CT molecular complexity index is 1080. The molecule has 160 valence electrons. The van der Waals surface area contributed by atoms with Crippen molar-refractivity contribution in [3.63, 3.8) is 0 Å². The fraction of sp³-hybridized carbons (Fsp3) is 0.348. The number of ether oxygens (including phenoxy) is 1. The van der Waals surface area contributed by atoms with Gasteiger partial charge in [0.05, 0.1) is 5.69 Å². The Labute approximate surface area is 177 Å². The van der Waals surface area contributed by atoms with E-state index in [0.29, 0.717) is 23.7 Å². The zero-order chi connectivity index (χ0) is 21.4. The van der Waals surface area contributed by atoms with Gasteiger partial charge < -0.3 is 4.74 Å². The second-order valence-corrected chi connectivity index (χ2v) is 8.03. The zero-order valence-corrected chi connectivity index (χ0v) is 16.8. The SMILES string of the molecule is FC(F)(F)Oc1ccccc1-c1ccc(CN2CCc3nc(C4CC4)ncc3C2)cn1. The topological polar surface area (TPSA) is 51.1 Å². The van der Waals surface area contributed by atoms with E-state index in [2.05, 4.69) is 19.6 Å². The Kier molecular flexibility index (Phi) is 5.09. The van der Waals surface area contributed by atoms with Gasteiger partial charge in [-0.3, -0.25) is 9.88 Å². The summed E-state index contributed by atoms with van der Waals surface area (Å²) >= 11 is 0. The zero-order valence-electron chi connectivity index (χ0n) is 16.8. The lowest BCUT2D eigenvalue weighted by molar-refractivity contribution is -0.274. The van der Waals surface area contributed by atoms with Crippen LogP contribution in [0, 0.1) is 0 Å². The summed E-state index contributed by atoms with van der Waals surface area (Å²) in [4.78, 5) is 16.0. The van der Waals surface area contributed by atoms with Gasteiger partial charge in [-0.05, 0) is 36.6 Å². The molecule has 0 amide bonds. The molecule has 0 bridgehead atoms. The molecular weight excluding hydrogens is 405 g/mol. The molecule has 0 radical (unpaired) electrons. The fourth-order valence-electron chi connectivity index (χ4n) is 3.89. The van der Waals surface area contributed by atoms with Gasteiger partial charge >= 0.3 is 6.36 Å². The molecular formula is C23H21F3N4O. The summed E-state index contributed by atoms with van der Waals surface area (Å²) in [5.74, 6) is 1.29. The molecule has 1 aliphatic heterocycles. The van der Waals surface area contributed by atoms with Gasteiger partial charge in [0.2, 0.25) is 0 Å². The number of rotatable bonds is 5. The van der Waals surface area contributed by atoms with Gasteiger partial charge in [-0.1, -0.05) is 18.2 Å². The first-order valence-electron chi connectivity index (χ1n) is 10.3. The van der Waals surface area contributed by atoms with Gasteiger partial charge in [-0.25, -0.2) is 9.97 Å². The molecule has 5 rings (SSSR count). The highest BCUT2D eigenvalue weighted by Crippen LogP contribution is 2.38. The molecule has 1 aromatic carbocycles. The lowest BCUT2D eigenvalue weighted by Gasteiger charge is -2.28. The van der Waals surface area contributed by atoms with E-state index in [1.165, 1.54) is 30.5 Å². The third-order valence-electron chi connectivity index (χ3n) is 5.59. The summed E-state index contributed by atoms with van der Waals surface area (Å²) < 4.78 is 42.2. The molecule has 0 spiro atoms. The third-order valence-corrected chi connectivity index (χ3v) is 5.59. The van der Waals surface area contributed by atoms with Gasteiger partial charge in [0.15, 0.2) is 0 Å². The van der Waals surface area contributed by atoms with Crippen LogP contribution in [0.2, 0.25) is 0 Å². The van der Waals surface area contributed by atoms with Crippen molar-refractivity contribution < 1.29 is 17.9 Å². The standard InChI is InChI=1S/C23H21F3N4O/c24-23(25,26)31-21-4-2-1-3-18(21)20-8-5-15(11-27-20)13-30-10-9-19-17(14-30)12-28-22(29-19)16-6-7-16/h1-5,8,11-12,16H,6-7,9-10,13-14H2. The second-order valence-electron chi connectivity index (χ2n) is 8.03. The van der Waals surface area contributed by atoms with Crippen LogP contribution in [0.4, 0.5) is 13.2 Å². The molecule has 31 heavy (non-hydrogen) atoms. The molecule has 1 saturated carbocycles. The normalized spacial score (nSPS) is 16.7. The van der Waals surface area contributed by atoms with E-state index >= 15 is 0 Å². The van der Waals surface area contributed by atoms with Gasteiger partial charge in [0, 0.05) is 61.2 Å². The number of hydrogen-bond acceptors (Lipinski definition) is 5. The highest BCUT2D eigenvalue weighted by atomic mass is 19.4. The van der Waals surface area contributed by atoms with E-state index in [-0.39, 0.29) is 5.75 Å². The monoisotopic (exact) mass is 426 g/mol. The van der Waals surface area contributed by atoms with Gasteiger partial charge in [-0.2, -0.15) is 0 Å². The lowest BCUT2D eigenvalue weighted by atomic mass is 10.1. The molecule has 2 aliphatic rings. The number of benzene rings is 1. The number of alkyl halides is 3. The molecule has 3 heterocycles. The minimum absolute atomic E-state index is 0.256. The van der Waals surface area contributed by atoms with Crippen molar-refractivity contribution in [3.8, 4) is 17.0 Å².